The van der Waals surface area contributed by atoms with Crippen molar-refractivity contribution < 1.29 is 9.53 Å². The lowest BCUT2D eigenvalue weighted by atomic mass is 9.75. The second-order valence-corrected chi connectivity index (χ2v) is 9.20. The Balaban J connectivity index is 1.40. The van der Waals surface area contributed by atoms with Crippen molar-refractivity contribution in [2.75, 3.05) is 31.1 Å². The van der Waals surface area contributed by atoms with E-state index in [1.165, 1.54) is 11.3 Å². The van der Waals surface area contributed by atoms with Gasteiger partial charge in [0.1, 0.15) is 5.60 Å². The monoisotopic (exact) mass is 419 g/mol. The number of ether oxygens (including phenoxy) is 1. The van der Waals surface area contributed by atoms with Crippen molar-refractivity contribution in [3.05, 3.63) is 49.1 Å². The molecule has 0 unspecified atom stereocenters. The van der Waals surface area contributed by atoms with Crippen LogP contribution in [0.15, 0.2) is 49.1 Å². The zero-order valence-electron chi connectivity index (χ0n) is 16.4. The fourth-order valence-electron chi connectivity index (χ4n) is 4.97. The third kappa shape index (κ3) is 2.82. The number of rotatable bonds is 3. The summed E-state index contributed by atoms with van der Waals surface area (Å²) < 4.78 is 6.04. The molecule has 3 aromatic heterocycles. The van der Waals surface area contributed by atoms with Crippen LogP contribution in [0, 0.1) is 5.92 Å². The van der Waals surface area contributed by atoms with Crippen LogP contribution in [0.25, 0.3) is 21.7 Å². The zero-order chi connectivity index (χ0) is 20.1. The first kappa shape index (κ1) is 18.0. The summed E-state index contributed by atoms with van der Waals surface area (Å²) in [5, 5.41) is 0.672. The molecule has 0 saturated carbocycles. The number of pyridine rings is 2. The van der Waals surface area contributed by atoms with Crippen LogP contribution >= 0.6 is 11.3 Å². The highest BCUT2D eigenvalue weighted by molar-refractivity contribution is 7.19. The van der Waals surface area contributed by atoms with Gasteiger partial charge in [-0.1, -0.05) is 17.4 Å². The van der Waals surface area contributed by atoms with E-state index in [9.17, 15) is 4.79 Å². The summed E-state index contributed by atoms with van der Waals surface area (Å²) in [5.74, 6) is 0.437. The Morgan fingerprint density at radius 3 is 2.40 bits per heavy atom. The molecule has 4 aliphatic rings. The van der Waals surface area contributed by atoms with Crippen LogP contribution in [0.2, 0.25) is 0 Å². The van der Waals surface area contributed by atoms with E-state index in [4.69, 9.17) is 9.72 Å². The predicted molar refractivity (Wildman–Crippen MR) is 114 cm³/mol. The van der Waals surface area contributed by atoms with Crippen LogP contribution in [0.5, 0.6) is 0 Å². The van der Waals surface area contributed by atoms with Crippen molar-refractivity contribution in [2.24, 2.45) is 5.92 Å². The molecule has 1 spiro atoms. The van der Waals surface area contributed by atoms with E-state index in [0.717, 1.165) is 54.2 Å². The molecule has 2 bridgehead atoms. The molecule has 4 saturated heterocycles. The van der Waals surface area contributed by atoms with Crippen LogP contribution in [-0.2, 0) is 4.74 Å². The second kappa shape index (κ2) is 6.85. The Labute approximate surface area is 178 Å². The maximum absolute atomic E-state index is 12.9. The molecule has 8 heteroatoms. The van der Waals surface area contributed by atoms with E-state index in [1.807, 2.05) is 30.5 Å². The number of fused-ring (bicyclic) bond motifs is 2. The summed E-state index contributed by atoms with van der Waals surface area (Å²) >= 11 is 1.51. The molecule has 7 heterocycles. The Morgan fingerprint density at radius 1 is 1.03 bits per heavy atom. The third-order valence-corrected chi connectivity index (χ3v) is 7.59. The molecule has 0 radical (unpaired) electrons. The smallest absolute Gasteiger partial charge is 0.416 e. The highest BCUT2D eigenvalue weighted by Crippen LogP contribution is 2.46. The van der Waals surface area contributed by atoms with Crippen molar-refractivity contribution >= 4 is 22.6 Å². The van der Waals surface area contributed by atoms with Crippen molar-refractivity contribution in [1.82, 2.24) is 19.9 Å². The maximum atomic E-state index is 12.9. The van der Waals surface area contributed by atoms with E-state index in [2.05, 4.69) is 14.9 Å². The van der Waals surface area contributed by atoms with Crippen molar-refractivity contribution in [1.29, 1.82) is 0 Å². The Bertz CT molecular complexity index is 1020. The molecule has 1 atom stereocenters. The standard InChI is InChI=1S/C22H21N5O2S/c28-21-27(14-22(29-21)13-26-9-5-17(22)6-10-26)20-25-18(15-3-1-7-23-11-15)19(30-20)16-4-2-8-24-12-16/h1-4,7-8,11-12,17H,5-6,9-10,13-14H2/t22-/m0/s1. The SMILES string of the molecule is O=C1O[C@@]2(CN3CCC2CC3)CN1c1nc(-c2cccnc2)c(-c2cccnc2)s1. The van der Waals surface area contributed by atoms with Gasteiger partial charge in [-0.25, -0.2) is 14.7 Å². The van der Waals surface area contributed by atoms with E-state index < -0.39 is 5.60 Å². The van der Waals surface area contributed by atoms with Gasteiger partial charge in [0.2, 0.25) is 0 Å². The Morgan fingerprint density at radius 2 is 1.77 bits per heavy atom. The fourth-order valence-corrected chi connectivity index (χ4v) is 6.04. The third-order valence-electron chi connectivity index (χ3n) is 6.47. The lowest BCUT2D eigenvalue weighted by molar-refractivity contribution is -0.0881. The van der Waals surface area contributed by atoms with Gasteiger partial charge in [-0.15, -0.1) is 0 Å². The Kier molecular flexibility index (Phi) is 4.10. The molecule has 0 N–H and O–H groups in total. The maximum Gasteiger partial charge on any atom is 0.416 e. The van der Waals surface area contributed by atoms with E-state index in [1.54, 1.807) is 23.5 Å². The minimum Gasteiger partial charge on any atom is -0.439 e. The van der Waals surface area contributed by atoms with Gasteiger partial charge < -0.3 is 4.74 Å². The van der Waals surface area contributed by atoms with Gasteiger partial charge in [0, 0.05) is 48.4 Å². The van der Waals surface area contributed by atoms with Gasteiger partial charge in [0.15, 0.2) is 5.13 Å². The van der Waals surface area contributed by atoms with Crippen molar-refractivity contribution in [3.8, 4) is 21.7 Å². The molecular weight excluding hydrogens is 398 g/mol. The molecule has 1 amide bonds. The van der Waals surface area contributed by atoms with Gasteiger partial charge in [-0.2, -0.15) is 0 Å². The summed E-state index contributed by atoms with van der Waals surface area (Å²) in [6, 6.07) is 7.81. The predicted octanol–water partition coefficient (Wildman–Crippen LogP) is 3.69. The number of thiazole rings is 1. The number of piperidine rings is 3. The molecule has 4 aliphatic heterocycles. The van der Waals surface area contributed by atoms with E-state index in [0.29, 0.717) is 17.6 Å². The minimum absolute atomic E-state index is 0.284. The minimum atomic E-state index is -0.401. The quantitative estimate of drug-likeness (QED) is 0.645. The molecule has 3 aromatic rings. The number of amides is 1. The lowest BCUT2D eigenvalue weighted by Crippen LogP contribution is -2.61. The summed E-state index contributed by atoms with van der Waals surface area (Å²) in [5.41, 5.74) is 2.32. The number of carbonyl (C=O) groups is 1. The average molecular weight is 420 g/mol. The summed E-state index contributed by atoms with van der Waals surface area (Å²) in [4.78, 5) is 31.5. The molecule has 30 heavy (non-hydrogen) atoms. The molecule has 152 valence electrons. The first-order valence-electron chi connectivity index (χ1n) is 10.3. The molecule has 0 aromatic carbocycles. The highest BCUT2D eigenvalue weighted by Gasteiger charge is 2.56. The number of aromatic nitrogens is 3. The van der Waals surface area contributed by atoms with Crippen LogP contribution in [0.4, 0.5) is 9.93 Å². The second-order valence-electron chi connectivity index (χ2n) is 8.23. The fraction of sp³-hybridized carbons (Fsp3) is 0.364. The number of hydrogen-bond acceptors (Lipinski definition) is 7. The van der Waals surface area contributed by atoms with Crippen LogP contribution in [0.3, 0.4) is 0 Å². The average Bonchev–Trinajstić information content (AvgIpc) is 3.37. The van der Waals surface area contributed by atoms with E-state index in [-0.39, 0.29) is 6.09 Å². The van der Waals surface area contributed by atoms with E-state index >= 15 is 0 Å². The number of anilines is 1. The first-order valence-corrected chi connectivity index (χ1v) is 11.1. The van der Waals surface area contributed by atoms with Crippen molar-refractivity contribution in [3.63, 3.8) is 0 Å². The van der Waals surface area contributed by atoms with Crippen LogP contribution in [-0.4, -0.2) is 57.7 Å². The van der Waals surface area contributed by atoms with Gasteiger partial charge in [-0.05, 0) is 44.1 Å². The zero-order valence-corrected chi connectivity index (χ0v) is 17.2. The van der Waals surface area contributed by atoms with Crippen LogP contribution in [0.1, 0.15) is 12.8 Å². The van der Waals surface area contributed by atoms with Crippen molar-refractivity contribution in [2.45, 2.75) is 18.4 Å². The first-order chi connectivity index (χ1) is 14.7. The molecular formula is C22H21N5O2S. The van der Waals surface area contributed by atoms with Gasteiger partial charge >= 0.3 is 6.09 Å². The number of nitrogens with zero attached hydrogens (tertiary/aromatic N) is 5. The summed E-state index contributed by atoms with van der Waals surface area (Å²) in [6.07, 6.45) is 9.04. The summed E-state index contributed by atoms with van der Waals surface area (Å²) in [7, 11) is 0. The highest BCUT2D eigenvalue weighted by atomic mass is 32.1. The molecule has 4 fully saturated rings. The van der Waals surface area contributed by atoms with Gasteiger partial charge in [0.05, 0.1) is 17.1 Å². The Hall–Kier alpha value is -2.84. The normalized spacial score (nSPS) is 27.6. The molecule has 7 nitrogen and oxygen atoms in total. The largest absolute Gasteiger partial charge is 0.439 e. The topological polar surface area (TPSA) is 71.5 Å². The number of hydrogen-bond donors (Lipinski definition) is 0. The molecule has 0 aliphatic carbocycles. The molecule has 7 rings (SSSR count). The summed E-state index contributed by atoms with van der Waals surface area (Å²) in [6.45, 7) is 3.62. The van der Waals surface area contributed by atoms with Gasteiger partial charge in [-0.3, -0.25) is 14.9 Å². The lowest BCUT2D eigenvalue weighted by Gasteiger charge is -2.49. The van der Waals surface area contributed by atoms with Crippen LogP contribution < -0.4 is 4.90 Å². The van der Waals surface area contributed by atoms with Gasteiger partial charge in [0.25, 0.3) is 0 Å². The number of carbonyl (C=O) groups excluding carboxylic acids is 1.